The van der Waals surface area contributed by atoms with Crippen LogP contribution in [0.1, 0.15) is 18.9 Å². The van der Waals surface area contributed by atoms with Crippen molar-refractivity contribution in [1.82, 2.24) is 5.32 Å². The molecule has 0 bridgehead atoms. The minimum atomic E-state index is -0.905. The number of carbonyl (C=O) groups excluding carboxylic acids is 1. The van der Waals surface area contributed by atoms with E-state index in [1.54, 1.807) is 25.1 Å². The summed E-state index contributed by atoms with van der Waals surface area (Å²) >= 11 is 0. The molecule has 1 amide bonds. The number of hydrogen-bond donors (Lipinski definition) is 2. The SMILES string of the molecule is CCC(CNC(=O)C=Cc1ccc2c(c1)OCO2)C(=O)O. The Morgan fingerprint density at radius 2 is 2.14 bits per heavy atom. The summed E-state index contributed by atoms with van der Waals surface area (Å²) in [4.78, 5) is 22.5. The quantitative estimate of drug-likeness (QED) is 0.779. The van der Waals surface area contributed by atoms with Crippen molar-refractivity contribution >= 4 is 18.0 Å². The molecule has 21 heavy (non-hydrogen) atoms. The first-order valence-electron chi connectivity index (χ1n) is 6.68. The Morgan fingerprint density at radius 3 is 2.86 bits per heavy atom. The first-order chi connectivity index (χ1) is 10.1. The highest BCUT2D eigenvalue weighted by molar-refractivity contribution is 5.92. The highest BCUT2D eigenvalue weighted by Gasteiger charge is 2.15. The molecule has 1 unspecified atom stereocenters. The van der Waals surface area contributed by atoms with Crippen LogP contribution in [0.25, 0.3) is 6.08 Å². The Morgan fingerprint density at radius 1 is 1.38 bits per heavy atom. The topological polar surface area (TPSA) is 84.9 Å². The molecule has 0 aromatic heterocycles. The van der Waals surface area contributed by atoms with Crippen molar-refractivity contribution < 1.29 is 24.2 Å². The third kappa shape index (κ3) is 3.98. The molecule has 1 aliphatic heterocycles. The zero-order valence-corrected chi connectivity index (χ0v) is 11.7. The molecule has 0 saturated heterocycles. The highest BCUT2D eigenvalue weighted by Crippen LogP contribution is 2.32. The van der Waals surface area contributed by atoms with Crippen LogP contribution in [0.15, 0.2) is 24.3 Å². The largest absolute Gasteiger partial charge is 0.481 e. The van der Waals surface area contributed by atoms with Gasteiger partial charge < -0.3 is 19.9 Å². The van der Waals surface area contributed by atoms with Gasteiger partial charge in [0, 0.05) is 12.6 Å². The normalized spacial score (nSPS) is 14.1. The molecule has 6 heteroatoms. The van der Waals surface area contributed by atoms with E-state index in [1.807, 2.05) is 6.07 Å². The van der Waals surface area contributed by atoms with Gasteiger partial charge >= 0.3 is 5.97 Å². The molecule has 6 nitrogen and oxygen atoms in total. The fourth-order valence-electron chi connectivity index (χ4n) is 1.88. The molecule has 0 radical (unpaired) electrons. The van der Waals surface area contributed by atoms with Crippen LogP contribution in [0, 0.1) is 5.92 Å². The number of aliphatic carboxylic acids is 1. The molecule has 2 rings (SSSR count). The summed E-state index contributed by atoms with van der Waals surface area (Å²) in [5, 5.41) is 11.5. The number of nitrogens with one attached hydrogen (secondary N) is 1. The molecule has 2 N–H and O–H groups in total. The molecule has 0 saturated carbocycles. The molecule has 1 aromatic carbocycles. The monoisotopic (exact) mass is 291 g/mol. The lowest BCUT2D eigenvalue weighted by Gasteiger charge is -2.09. The van der Waals surface area contributed by atoms with Crippen LogP contribution in [0.3, 0.4) is 0 Å². The van der Waals surface area contributed by atoms with Crippen molar-refractivity contribution in [3.05, 3.63) is 29.8 Å². The van der Waals surface area contributed by atoms with Crippen LogP contribution in [-0.4, -0.2) is 30.3 Å². The first-order valence-corrected chi connectivity index (χ1v) is 6.68. The predicted molar refractivity (Wildman–Crippen MR) is 76.0 cm³/mol. The molecule has 1 aliphatic rings. The highest BCUT2D eigenvalue weighted by atomic mass is 16.7. The van der Waals surface area contributed by atoms with Crippen molar-refractivity contribution in [3.8, 4) is 11.5 Å². The van der Waals surface area contributed by atoms with Crippen molar-refractivity contribution in [2.45, 2.75) is 13.3 Å². The van der Waals surface area contributed by atoms with Crippen LogP contribution >= 0.6 is 0 Å². The number of fused-ring (bicyclic) bond motifs is 1. The van der Waals surface area contributed by atoms with Gasteiger partial charge in [-0.3, -0.25) is 9.59 Å². The van der Waals surface area contributed by atoms with Gasteiger partial charge in [-0.25, -0.2) is 0 Å². The van der Waals surface area contributed by atoms with E-state index >= 15 is 0 Å². The van der Waals surface area contributed by atoms with Crippen LogP contribution in [0.4, 0.5) is 0 Å². The van der Waals surface area contributed by atoms with Gasteiger partial charge in [-0.1, -0.05) is 13.0 Å². The number of carboxylic acids is 1. The zero-order valence-electron chi connectivity index (χ0n) is 11.7. The predicted octanol–water partition coefficient (Wildman–Crippen LogP) is 1.66. The van der Waals surface area contributed by atoms with Gasteiger partial charge in [0.2, 0.25) is 12.7 Å². The van der Waals surface area contributed by atoms with Crippen LogP contribution in [-0.2, 0) is 9.59 Å². The Kier molecular flexibility index (Phi) is 4.81. The van der Waals surface area contributed by atoms with Crippen molar-refractivity contribution in [2.75, 3.05) is 13.3 Å². The Labute approximate surface area is 122 Å². The Hall–Kier alpha value is -2.50. The average Bonchev–Trinajstić information content (AvgIpc) is 2.92. The van der Waals surface area contributed by atoms with E-state index in [0.717, 1.165) is 5.56 Å². The summed E-state index contributed by atoms with van der Waals surface area (Å²) in [5.74, 6) is -0.462. The minimum absolute atomic E-state index is 0.121. The summed E-state index contributed by atoms with van der Waals surface area (Å²) < 4.78 is 10.4. The maximum absolute atomic E-state index is 11.6. The molecule has 112 valence electrons. The first kappa shape index (κ1) is 14.9. The third-order valence-corrected chi connectivity index (χ3v) is 3.19. The number of hydrogen-bond acceptors (Lipinski definition) is 4. The molecule has 0 fully saturated rings. The van der Waals surface area contributed by atoms with Crippen LogP contribution in [0.5, 0.6) is 11.5 Å². The number of benzene rings is 1. The maximum atomic E-state index is 11.6. The Balaban J connectivity index is 1.89. The number of ether oxygens (including phenoxy) is 2. The Bertz CT molecular complexity index is 567. The van der Waals surface area contributed by atoms with Crippen molar-refractivity contribution in [1.29, 1.82) is 0 Å². The molecular weight excluding hydrogens is 274 g/mol. The minimum Gasteiger partial charge on any atom is -0.481 e. The molecule has 0 spiro atoms. The molecule has 1 heterocycles. The van der Waals surface area contributed by atoms with Gasteiger partial charge in [-0.15, -0.1) is 0 Å². The van der Waals surface area contributed by atoms with E-state index < -0.39 is 11.9 Å². The van der Waals surface area contributed by atoms with E-state index in [1.165, 1.54) is 6.08 Å². The summed E-state index contributed by atoms with van der Waals surface area (Å²) in [6.07, 6.45) is 3.48. The second kappa shape index (κ2) is 6.78. The smallest absolute Gasteiger partial charge is 0.308 e. The molecule has 1 atom stereocenters. The van der Waals surface area contributed by atoms with Crippen LogP contribution in [0.2, 0.25) is 0 Å². The number of carbonyl (C=O) groups is 2. The average molecular weight is 291 g/mol. The lowest BCUT2D eigenvalue weighted by atomic mass is 10.1. The lowest BCUT2D eigenvalue weighted by molar-refractivity contribution is -0.141. The summed E-state index contributed by atoms with van der Waals surface area (Å²) in [7, 11) is 0. The zero-order chi connectivity index (χ0) is 15.2. The van der Waals surface area contributed by atoms with E-state index in [2.05, 4.69) is 5.32 Å². The van der Waals surface area contributed by atoms with Gasteiger partial charge in [0.15, 0.2) is 11.5 Å². The summed E-state index contributed by atoms with van der Waals surface area (Å²) in [6.45, 7) is 2.10. The third-order valence-electron chi connectivity index (χ3n) is 3.19. The van der Waals surface area contributed by atoms with E-state index in [-0.39, 0.29) is 19.2 Å². The summed E-state index contributed by atoms with van der Waals surface area (Å²) in [6, 6.07) is 5.36. The van der Waals surface area contributed by atoms with Gasteiger partial charge in [0.25, 0.3) is 0 Å². The van der Waals surface area contributed by atoms with Crippen molar-refractivity contribution in [2.24, 2.45) is 5.92 Å². The van der Waals surface area contributed by atoms with Gasteiger partial charge in [-0.2, -0.15) is 0 Å². The summed E-state index contributed by atoms with van der Waals surface area (Å²) in [5.41, 5.74) is 0.805. The van der Waals surface area contributed by atoms with E-state index in [9.17, 15) is 9.59 Å². The number of rotatable bonds is 6. The molecular formula is C15H17NO5. The van der Waals surface area contributed by atoms with Gasteiger partial charge in [0.05, 0.1) is 5.92 Å². The van der Waals surface area contributed by atoms with Crippen molar-refractivity contribution in [3.63, 3.8) is 0 Å². The maximum Gasteiger partial charge on any atom is 0.308 e. The second-order valence-corrected chi connectivity index (χ2v) is 4.63. The van der Waals surface area contributed by atoms with E-state index in [0.29, 0.717) is 17.9 Å². The second-order valence-electron chi connectivity index (χ2n) is 4.63. The van der Waals surface area contributed by atoms with E-state index in [4.69, 9.17) is 14.6 Å². The van der Waals surface area contributed by atoms with Gasteiger partial charge in [0.1, 0.15) is 0 Å². The fourth-order valence-corrected chi connectivity index (χ4v) is 1.88. The standard InChI is InChI=1S/C15H17NO5/c1-2-11(15(18)19)8-16-14(17)6-4-10-3-5-12-13(7-10)21-9-20-12/h3-7,11H,2,8-9H2,1H3,(H,16,17)(H,18,19). The molecule has 0 aliphatic carbocycles. The van der Waals surface area contributed by atoms with Gasteiger partial charge in [-0.05, 0) is 30.2 Å². The lowest BCUT2D eigenvalue weighted by Crippen LogP contribution is -2.31. The van der Waals surface area contributed by atoms with Crippen LogP contribution < -0.4 is 14.8 Å². The number of carboxylic acid groups (broad SMARTS) is 1. The number of amides is 1. The fraction of sp³-hybridized carbons (Fsp3) is 0.333. The molecule has 1 aromatic rings.